The lowest BCUT2D eigenvalue weighted by molar-refractivity contribution is -0.245. The van der Waals surface area contributed by atoms with E-state index < -0.39 is 52.3 Å². The molecule has 1 fully saturated rings. The molecule has 0 bridgehead atoms. The smallest absolute Gasteiger partial charge is 0.387 e. The highest BCUT2D eigenvalue weighted by molar-refractivity contribution is 7.48. The molecule has 4 aromatic rings. The molecule has 2 N–H and O–H groups in total. The summed E-state index contributed by atoms with van der Waals surface area (Å²) in [6, 6.07) is 32.9. The molecule has 50 heavy (non-hydrogen) atoms. The second kappa shape index (κ2) is 15.7. The van der Waals surface area contributed by atoms with Crippen LogP contribution in [0.2, 0.25) is 0 Å². The number of hydrogen-bond donors (Lipinski definition) is 2. The Labute approximate surface area is 290 Å². The molecule has 0 saturated heterocycles. The van der Waals surface area contributed by atoms with Crippen LogP contribution in [0.1, 0.15) is 33.4 Å². The maximum absolute atomic E-state index is 14.3. The Hall–Kier alpha value is -3.06. The van der Waals surface area contributed by atoms with Gasteiger partial charge >= 0.3 is 15.6 Å². The third-order valence-corrected chi connectivity index (χ3v) is 11.6. The fourth-order valence-corrected chi connectivity index (χ4v) is 8.74. The Morgan fingerprint density at radius 3 is 1.10 bits per heavy atom. The normalized spacial score (nSPS) is 27.3. The van der Waals surface area contributed by atoms with Crippen LogP contribution in [0, 0.1) is 0 Å². The molecule has 0 aromatic heterocycles. The van der Waals surface area contributed by atoms with Crippen LogP contribution in [0.4, 0.5) is 0 Å². The van der Waals surface area contributed by atoms with Gasteiger partial charge in [0.2, 0.25) is 0 Å². The molecule has 0 spiro atoms. The molecule has 3 aliphatic rings. The van der Waals surface area contributed by atoms with E-state index in [0.29, 0.717) is 0 Å². The number of ether oxygens (including phenoxy) is 2. The summed E-state index contributed by atoms with van der Waals surface area (Å²) in [4.78, 5) is 0. The van der Waals surface area contributed by atoms with Crippen molar-refractivity contribution in [3.8, 4) is 0 Å². The van der Waals surface area contributed by atoms with Gasteiger partial charge in [-0.05, 0) is 33.4 Å². The second-order valence-corrected chi connectivity index (χ2v) is 15.4. The average Bonchev–Trinajstić information content (AvgIpc) is 3.42. The summed E-state index contributed by atoms with van der Waals surface area (Å²) in [7, 11) is -8.88. The molecule has 6 atom stereocenters. The van der Waals surface area contributed by atoms with Crippen LogP contribution in [0.15, 0.2) is 109 Å². The molecule has 0 unspecified atom stereocenters. The molecular weight excluding hydrogens is 686 g/mol. The minimum Gasteiger partial charge on any atom is -0.387 e. The highest BCUT2D eigenvalue weighted by atomic mass is 31.2. The van der Waals surface area contributed by atoms with Crippen molar-refractivity contribution in [3.63, 3.8) is 0 Å². The quantitative estimate of drug-likeness (QED) is 0.175. The number of phosphoric ester groups is 2. The molecule has 14 heteroatoms. The van der Waals surface area contributed by atoms with E-state index in [2.05, 4.69) is 0 Å². The van der Waals surface area contributed by atoms with Gasteiger partial charge < -0.3 is 19.7 Å². The molecule has 0 radical (unpaired) electrons. The number of aliphatic hydroxyl groups is 2. The standard InChI is InChI=1S/C36H38O12P2/c37-31-32(38)34(42-20-26-13-5-2-6-14-26)36(48-50(40)45-23-29-17-9-10-18-30(29)24-46-50)35(33(31)41-19-25-11-3-1-4-12-25)47-49(39)43-21-27-15-7-8-16-28(27)22-44-49/h1-18,31-38H,19-24H2/t31-,32+,33-,34-,35+,36+/m0/s1. The molecule has 0 amide bonds. The first kappa shape index (κ1) is 35.3. The number of fused-ring (bicyclic) bond motifs is 2. The van der Waals surface area contributed by atoms with E-state index in [0.717, 1.165) is 33.4 Å². The molecule has 7 rings (SSSR count). The molecule has 12 nitrogen and oxygen atoms in total. The Kier molecular flexibility index (Phi) is 11.1. The van der Waals surface area contributed by atoms with E-state index in [1.165, 1.54) is 0 Å². The van der Waals surface area contributed by atoms with Crippen molar-refractivity contribution in [1.29, 1.82) is 0 Å². The van der Waals surface area contributed by atoms with Crippen LogP contribution in [-0.2, 0) is 85.4 Å². The predicted molar refractivity (Wildman–Crippen MR) is 179 cm³/mol. The first-order chi connectivity index (χ1) is 24.3. The van der Waals surface area contributed by atoms with Gasteiger partial charge in [0.05, 0.1) is 39.6 Å². The Balaban J connectivity index is 1.24. The number of aliphatic hydroxyl groups excluding tert-OH is 2. The molecule has 264 valence electrons. The number of benzene rings is 4. The zero-order valence-corrected chi connectivity index (χ0v) is 28.8. The zero-order chi connectivity index (χ0) is 34.6. The highest BCUT2D eigenvalue weighted by Gasteiger charge is 2.57. The summed E-state index contributed by atoms with van der Waals surface area (Å²) < 4.78 is 76.5. The summed E-state index contributed by atoms with van der Waals surface area (Å²) >= 11 is 0. The monoisotopic (exact) mass is 724 g/mol. The van der Waals surface area contributed by atoms with Gasteiger partial charge in [0.15, 0.2) is 0 Å². The summed E-state index contributed by atoms with van der Waals surface area (Å²) in [6.45, 7) is -0.442. The average molecular weight is 725 g/mol. The first-order valence-electron chi connectivity index (χ1n) is 16.2. The Bertz CT molecular complexity index is 1630. The highest BCUT2D eigenvalue weighted by Crippen LogP contribution is 2.59. The van der Waals surface area contributed by atoms with E-state index in [-0.39, 0.29) is 39.6 Å². The number of rotatable bonds is 10. The van der Waals surface area contributed by atoms with Crippen LogP contribution < -0.4 is 0 Å². The van der Waals surface area contributed by atoms with E-state index in [1.54, 1.807) is 0 Å². The van der Waals surface area contributed by atoms with E-state index >= 15 is 0 Å². The van der Waals surface area contributed by atoms with Crippen LogP contribution in [-0.4, -0.2) is 46.8 Å². The molecule has 1 saturated carbocycles. The largest absolute Gasteiger partial charge is 0.475 e. The fourth-order valence-electron chi connectivity index (χ4n) is 6.08. The van der Waals surface area contributed by atoms with Crippen LogP contribution in [0.3, 0.4) is 0 Å². The van der Waals surface area contributed by atoms with Gasteiger partial charge in [-0.1, -0.05) is 109 Å². The van der Waals surface area contributed by atoms with Gasteiger partial charge in [0.25, 0.3) is 0 Å². The van der Waals surface area contributed by atoms with Gasteiger partial charge in [-0.25, -0.2) is 9.13 Å². The molecule has 4 aromatic carbocycles. The Morgan fingerprint density at radius 1 is 0.480 bits per heavy atom. The van der Waals surface area contributed by atoms with Crippen molar-refractivity contribution >= 4 is 15.6 Å². The SMILES string of the molecule is O=P1(O[C@H]2[C@H](OP3(=O)OCc4ccccc4CO3)[C@@H](OCc3ccccc3)[C@@H](O)[C@@H](O)[C@@H]2OCc2ccccc2)OCc2ccccc2CO1. The minimum atomic E-state index is -4.44. The van der Waals surface area contributed by atoms with Crippen LogP contribution >= 0.6 is 15.6 Å². The van der Waals surface area contributed by atoms with E-state index in [1.807, 2.05) is 109 Å². The molecular formula is C36H38O12P2. The van der Waals surface area contributed by atoms with Gasteiger partial charge in [0, 0.05) is 0 Å². The van der Waals surface area contributed by atoms with Crippen molar-refractivity contribution in [3.05, 3.63) is 143 Å². The van der Waals surface area contributed by atoms with Crippen molar-refractivity contribution in [1.82, 2.24) is 0 Å². The first-order valence-corrected chi connectivity index (χ1v) is 19.2. The number of hydrogen-bond acceptors (Lipinski definition) is 12. The van der Waals surface area contributed by atoms with Gasteiger partial charge in [-0.15, -0.1) is 0 Å². The molecule has 1 aliphatic carbocycles. The predicted octanol–water partition coefficient (Wildman–Crippen LogP) is 6.37. The molecule has 2 heterocycles. The van der Waals surface area contributed by atoms with E-state index in [9.17, 15) is 19.3 Å². The third-order valence-electron chi connectivity index (χ3n) is 8.82. The minimum absolute atomic E-state index is 0.0329. The lowest BCUT2D eigenvalue weighted by Gasteiger charge is -2.47. The van der Waals surface area contributed by atoms with Crippen molar-refractivity contribution in [2.45, 2.75) is 76.3 Å². The van der Waals surface area contributed by atoms with Crippen LogP contribution in [0.5, 0.6) is 0 Å². The maximum atomic E-state index is 14.3. The summed E-state index contributed by atoms with van der Waals surface area (Å²) in [6.07, 6.45) is -9.22. The second-order valence-electron chi connectivity index (χ2n) is 12.2. The van der Waals surface area contributed by atoms with Gasteiger partial charge in [-0.2, -0.15) is 0 Å². The lowest BCUT2D eigenvalue weighted by atomic mass is 9.84. The van der Waals surface area contributed by atoms with Crippen molar-refractivity contribution in [2.75, 3.05) is 0 Å². The summed E-state index contributed by atoms with van der Waals surface area (Å²) in [5.41, 5.74) is 4.52. The maximum Gasteiger partial charge on any atom is 0.475 e. The lowest BCUT2D eigenvalue weighted by Crippen LogP contribution is -2.66. The van der Waals surface area contributed by atoms with Crippen molar-refractivity contribution in [2.24, 2.45) is 0 Å². The van der Waals surface area contributed by atoms with E-state index in [4.69, 9.17) is 36.6 Å². The molecule has 2 aliphatic heterocycles. The number of phosphoric acid groups is 2. The Morgan fingerprint density at radius 2 is 0.780 bits per heavy atom. The summed E-state index contributed by atoms with van der Waals surface area (Å²) in [5, 5.41) is 23.2. The zero-order valence-electron chi connectivity index (χ0n) is 27.0. The van der Waals surface area contributed by atoms with Gasteiger partial charge in [0.1, 0.15) is 36.6 Å². The van der Waals surface area contributed by atoms with Crippen molar-refractivity contribution < 1.29 is 56.0 Å². The van der Waals surface area contributed by atoms with Gasteiger partial charge in [-0.3, -0.25) is 27.1 Å². The summed E-state index contributed by atoms with van der Waals surface area (Å²) in [5.74, 6) is 0. The fraction of sp³-hybridized carbons (Fsp3) is 0.333. The van der Waals surface area contributed by atoms with Crippen LogP contribution in [0.25, 0.3) is 0 Å². The topological polar surface area (TPSA) is 148 Å². The third kappa shape index (κ3) is 8.19.